The SMILES string of the molecule is c1ccc2c(c1)NCC1CCC(C3CCCCC3)OC21. The molecule has 3 atom stereocenters. The molecular weight excluding hydrogens is 246 g/mol. The van der Waals surface area contributed by atoms with Crippen molar-refractivity contribution in [2.75, 3.05) is 11.9 Å². The summed E-state index contributed by atoms with van der Waals surface area (Å²) in [7, 11) is 0. The van der Waals surface area contributed by atoms with Gasteiger partial charge in [-0.1, -0.05) is 37.5 Å². The first-order chi connectivity index (χ1) is 9.92. The molecule has 0 amide bonds. The highest BCUT2D eigenvalue weighted by molar-refractivity contribution is 5.54. The molecule has 1 aromatic carbocycles. The van der Waals surface area contributed by atoms with E-state index in [0.29, 0.717) is 18.1 Å². The average molecular weight is 271 g/mol. The molecule has 2 fully saturated rings. The third kappa shape index (κ3) is 2.24. The van der Waals surface area contributed by atoms with Crippen molar-refractivity contribution >= 4 is 5.69 Å². The molecule has 20 heavy (non-hydrogen) atoms. The molecule has 1 aliphatic carbocycles. The molecule has 3 unspecified atom stereocenters. The Hall–Kier alpha value is -1.02. The van der Waals surface area contributed by atoms with E-state index in [1.54, 1.807) is 0 Å². The molecule has 2 nitrogen and oxygen atoms in total. The van der Waals surface area contributed by atoms with Crippen LogP contribution in [-0.2, 0) is 4.74 Å². The summed E-state index contributed by atoms with van der Waals surface area (Å²) in [5.74, 6) is 1.50. The largest absolute Gasteiger partial charge is 0.384 e. The Kier molecular flexibility index (Phi) is 3.43. The maximum Gasteiger partial charge on any atom is 0.0893 e. The molecule has 1 saturated heterocycles. The third-order valence-corrected chi connectivity index (χ3v) is 5.57. The fourth-order valence-electron chi connectivity index (χ4n) is 4.43. The molecule has 0 spiro atoms. The number of fused-ring (bicyclic) bond motifs is 3. The molecule has 0 radical (unpaired) electrons. The molecule has 3 aliphatic rings. The second-order valence-corrected chi connectivity index (χ2v) is 6.80. The van der Waals surface area contributed by atoms with E-state index in [4.69, 9.17) is 4.74 Å². The van der Waals surface area contributed by atoms with Crippen LogP contribution in [-0.4, -0.2) is 12.6 Å². The van der Waals surface area contributed by atoms with Crippen LogP contribution in [0.4, 0.5) is 5.69 Å². The lowest BCUT2D eigenvalue weighted by Crippen LogP contribution is -2.39. The molecule has 1 saturated carbocycles. The van der Waals surface area contributed by atoms with Crippen molar-refractivity contribution in [2.24, 2.45) is 11.8 Å². The van der Waals surface area contributed by atoms with Gasteiger partial charge in [-0.05, 0) is 37.7 Å². The molecule has 2 aliphatic heterocycles. The number of para-hydroxylation sites is 1. The number of hydrogen-bond acceptors (Lipinski definition) is 2. The van der Waals surface area contributed by atoms with Gasteiger partial charge in [-0.3, -0.25) is 0 Å². The lowest BCUT2D eigenvalue weighted by Gasteiger charge is -2.44. The van der Waals surface area contributed by atoms with E-state index in [-0.39, 0.29) is 0 Å². The van der Waals surface area contributed by atoms with Crippen molar-refractivity contribution < 1.29 is 4.74 Å². The smallest absolute Gasteiger partial charge is 0.0893 e. The highest BCUT2D eigenvalue weighted by Crippen LogP contribution is 2.45. The van der Waals surface area contributed by atoms with Crippen LogP contribution in [0.5, 0.6) is 0 Å². The van der Waals surface area contributed by atoms with Gasteiger partial charge in [0.1, 0.15) is 0 Å². The zero-order valence-corrected chi connectivity index (χ0v) is 12.2. The minimum absolute atomic E-state index is 0.341. The lowest BCUT2D eigenvalue weighted by molar-refractivity contribution is -0.113. The summed E-state index contributed by atoms with van der Waals surface area (Å²) in [6.45, 7) is 1.08. The highest BCUT2D eigenvalue weighted by atomic mass is 16.5. The van der Waals surface area contributed by atoms with Gasteiger partial charge in [0.2, 0.25) is 0 Å². The van der Waals surface area contributed by atoms with Gasteiger partial charge in [-0.2, -0.15) is 0 Å². The van der Waals surface area contributed by atoms with E-state index in [1.807, 2.05) is 0 Å². The molecular formula is C18H25NO. The average Bonchev–Trinajstić information content (AvgIpc) is 2.55. The number of rotatable bonds is 1. The van der Waals surface area contributed by atoms with E-state index < -0.39 is 0 Å². The van der Waals surface area contributed by atoms with E-state index in [1.165, 1.54) is 56.2 Å². The Labute approximate surface area is 121 Å². The number of hydrogen-bond donors (Lipinski definition) is 1. The van der Waals surface area contributed by atoms with Gasteiger partial charge >= 0.3 is 0 Å². The standard InChI is InChI=1S/C18H25NO/c1-2-6-13(7-3-1)17-11-10-14-12-19-16-9-5-4-8-15(16)18(14)20-17/h4-5,8-9,13-14,17-19H,1-3,6-7,10-12H2. The summed E-state index contributed by atoms with van der Waals surface area (Å²) >= 11 is 0. The van der Waals surface area contributed by atoms with Crippen LogP contribution in [0.1, 0.15) is 56.6 Å². The molecule has 4 rings (SSSR count). The van der Waals surface area contributed by atoms with Crippen LogP contribution < -0.4 is 5.32 Å². The lowest BCUT2D eigenvalue weighted by atomic mass is 9.78. The molecule has 1 N–H and O–H groups in total. The van der Waals surface area contributed by atoms with Crippen LogP contribution in [0.15, 0.2) is 24.3 Å². The van der Waals surface area contributed by atoms with Gasteiger partial charge in [0.25, 0.3) is 0 Å². The fourth-order valence-corrected chi connectivity index (χ4v) is 4.43. The van der Waals surface area contributed by atoms with Crippen LogP contribution in [0, 0.1) is 11.8 Å². The Balaban J connectivity index is 1.54. The second kappa shape index (κ2) is 5.40. The van der Waals surface area contributed by atoms with Gasteiger partial charge in [-0.15, -0.1) is 0 Å². The molecule has 0 aromatic heterocycles. The van der Waals surface area contributed by atoms with Crippen molar-refractivity contribution in [3.8, 4) is 0 Å². The van der Waals surface area contributed by atoms with E-state index in [9.17, 15) is 0 Å². The first kappa shape index (κ1) is 12.7. The van der Waals surface area contributed by atoms with Crippen LogP contribution in [0.3, 0.4) is 0 Å². The van der Waals surface area contributed by atoms with Crippen molar-refractivity contribution in [2.45, 2.75) is 57.2 Å². The first-order valence-electron chi connectivity index (χ1n) is 8.40. The predicted molar refractivity (Wildman–Crippen MR) is 81.8 cm³/mol. The quantitative estimate of drug-likeness (QED) is 0.810. The summed E-state index contributed by atoms with van der Waals surface area (Å²) in [6.07, 6.45) is 10.5. The number of nitrogens with one attached hydrogen (secondary N) is 1. The first-order valence-corrected chi connectivity index (χ1v) is 8.40. The van der Waals surface area contributed by atoms with Gasteiger partial charge in [0.05, 0.1) is 12.2 Å². The highest BCUT2D eigenvalue weighted by Gasteiger charge is 2.38. The fraction of sp³-hybridized carbons (Fsp3) is 0.667. The summed E-state index contributed by atoms with van der Waals surface area (Å²) in [6, 6.07) is 8.71. The molecule has 2 heteroatoms. The topological polar surface area (TPSA) is 21.3 Å². The van der Waals surface area contributed by atoms with Crippen LogP contribution in [0.2, 0.25) is 0 Å². The summed E-state index contributed by atoms with van der Waals surface area (Å²) in [4.78, 5) is 0. The number of benzene rings is 1. The zero-order chi connectivity index (χ0) is 13.4. The Morgan fingerprint density at radius 2 is 1.75 bits per heavy atom. The van der Waals surface area contributed by atoms with Crippen LogP contribution >= 0.6 is 0 Å². The molecule has 2 heterocycles. The van der Waals surface area contributed by atoms with E-state index >= 15 is 0 Å². The second-order valence-electron chi connectivity index (χ2n) is 6.80. The van der Waals surface area contributed by atoms with Crippen molar-refractivity contribution in [3.05, 3.63) is 29.8 Å². The minimum atomic E-state index is 0.341. The normalized spacial score (nSPS) is 33.9. The maximum absolute atomic E-state index is 6.62. The Morgan fingerprint density at radius 1 is 0.900 bits per heavy atom. The van der Waals surface area contributed by atoms with E-state index in [0.717, 1.165) is 12.5 Å². The number of ether oxygens (including phenoxy) is 1. The molecule has 108 valence electrons. The maximum atomic E-state index is 6.62. The Bertz CT molecular complexity index is 466. The van der Waals surface area contributed by atoms with Crippen LogP contribution in [0.25, 0.3) is 0 Å². The van der Waals surface area contributed by atoms with Crippen molar-refractivity contribution in [1.29, 1.82) is 0 Å². The zero-order valence-electron chi connectivity index (χ0n) is 12.2. The summed E-state index contributed by atoms with van der Waals surface area (Å²) < 4.78 is 6.62. The minimum Gasteiger partial charge on any atom is -0.384 e. The Morgan fingerprint density at radius 3 is 2.65 bits per heavy atom. The molecule has 1 aromatic rings. The molecule has 0 bridgehead atoms. The third-order valence-electron chi connectivity index (χ3n) is 5.57. The summed E-state index contributed by atoms with van der Waals surface area (Å²) in [5.41, 5.74) is 2.68. The van der Waals surface area contributed by atoms with Gasteiger partial charge in [0.15, 0.2) is 0 Å². The summed E-state index contributed by atoms with van der Waals surface area (Å²) in [5, 5.41) is 3.58. The number of anilines is 1. The van der Waals surface area contributed by atoms with Gasteiger partial charge < -0.3 is 10.1 Å². The van der Waals surface area contributed by atoms with E-state index in [2.05, 4.69) is 29.6 Å². The van der Waals surface area contributed by atoms with Crippen molar-refractivity contribution in [1.82, 2.24) is 0 Å². The van der Waals surface area contributed by atoms with Gasteiger partial charge in [0, 0.05) is 23.7 Å². The van der Waals surface area contributed by atoms with Gasteiger partial charge in [-0.25, -0.2) is 0 Å². The predicted octanol–water partition coefficient (Wildman–Crippen LogP) is 4.53. The monoisotopic (exact) mass is 271 g/mol. The van der Waals surface area contributed by atoms with Crippen molar-refractivity contribution in [3.63, 3.8) is 0 Å².